The summed E-state index contributed by atoms with van der Waals surface area (Å²) in [5, 5.41) is 8.94. The fourth-order valence-corrected chi connectivity index (χ4v) is 2.23. The first-order chi connectivity index (χ1) is 8.76. The number of nitrogens with zero attached hydrogens (tertiary/aromatic N) is 4. The topological polar surface area (TPSA) is 52.8 Å². The van der Waals surface area contributed by atoms with Crippen molar-refractivity contribution < 1.29 is 0 Å². The lowest BCUT2D eigenvalue weighted by Crippen LogP contribution is -2.18. The van der Waals surface area contributed by atoms with Gasteiger partial charge in [0.15, 0.2) is 0 Å². The standard InChI is InChI=1S/C14H12N4/c1-10-6-13(7-15)17-14(16-10)18-8-11-4-2-3-5-12(11)9-18/h2-6H,8-9H2,1H3. The van der Waals surface area contributed by atoms with Gasteiger partial charge in [-0.05, 0) is 24.1 Å². The van der Waals surface area contributed by atoms with Crippen LogP contribution in [0.15, 0.2) is 30.3 Å². The molecule has 1 aromatic heterocycles. The molecule has 4 heteroatoms. The molecule has 18 heavy (non-hydrogen) atoms. The third-order valence-corrected chi connectivity index (χ3v) is 3.08. The summed E-state index contributed by atoms with van der Waals surface area (Å²) >= 11 is 0. The smallest absolute Gasteiger partial charge is 0.227 e. The Hall–Kier alpha value is -2.41. The van der Waals surface area contributed by atoms with Crippen LogP contribution in [-0.2, 0) is 13.1 Å². The predicted octanol–water partition coefficient (Wildman–Crippen LogP) is 2.18. The SMILES string of the molecule is Cc1cc(C#N)nc(N2Cc3ccccc3C2)n1. The van der Waals surface area contributed by atoms with Gasteiger partial charge in [-0.2, -0.15) is 5.26 Å². The first-order valence-electron chi connectivity index (χ1n) is 5.84. The van der Waals surface area contributed by atoms with Gasteiger partial charge in [-0.25, -0.2) is 9.97 Å². The molecule has 2 heterocycles. The highest BCUT2D eigenvalue weighted by molar-refractivity contribution is 5.44. The van der Waals surface area contributed by atoms with Gasteiger partial charge in [-0.1, -0.05) is 24.3 Å². The minimum atomic E-state index is 0.424. The number of benzene rings is 1. The van der Waals surface area contributed by atoms with E-state index >= 15 is 0 Å². The van der Waals surface area contributed by atoms with E-state index in [0.717, 1.165) is 18.8 Å². The summed E-state index contributed by atoms with van der Waals surface area (Å²) in [5.74, 6) is 0.641. The van der Waals surface area contributed by atoms with Crippen molar-refractivity contribution in [1.29, 1.82) is 5.26 Å². The molecule has 0 spiro atoms. The molecule has 0 aliphatic carbocycles. The van der Waals surface area contributed by atoms with Gasteiger partial charge in [0.2, 0.25) is 5.95 Å². The molecule has 0 radical (unpaired) electrons. The van der Waals surface area contributed by atoms with Crippen LogP contribution in [0.25, 0.3) is 0 Å². The van der Waals surface area contributed by atoms with Gasteiger partial charge >= 0.3 is 0 Å². The molecule has 0 saturated carbocycles. The molecule has 88 valence electrons. The fraction of sp³-hybridized carbons (Fsp3) is 0.214. The Balaban J connectivity index is 1.95. The summed E-state index contributed by atoms with van der Waals surface area (Å²) in [6.45, 7) is 3.50. The molecule has 0 atom stereocenters. The molecule has 0 bridgehead atoms. The van der Waals surface area contributed by atoms with Crippen molar-refractivity contribution >= 4 is 5.95 Å². The van der Waals surface area contributed by atoms with Gasteiger partial charge in [-0.3, -0.25) is 0 Å². The second kappa shape index (κ2) is 4.11. The minimum absolute atomic E-state index is 0.424. The zero-order chi connectivity index (χ0) is 12.5. The lowest BCUT2D eigenvalue weighted by molar-refractivity contribution is 0.820. The van der Waals surface area contributed by atoms with Crippen molar-refractivity contribution in [3.63, 3.8) is 0 Å². The van der Waals surface area contributed by atoms with Crippen LogP contribution in [0.1, 0.15) is 22.5 Å². The van der Waals surface area contributed by atoms with Crippen molar-refractivity contribution in [2.45, 2.75) is 20.0 Å². The molecule has 0 amide bonds. The van der Waals surface area contributed by atoms with Gasteiger partial charge in [-0.15, -0.1) is 0 Å². The summed E-state index contributed by atoms with van der Waals surface area (Å²) < 4.78 is 0. The highest BCUT2D eigenvalue weighted by Gasteiger charge is 2.21. The lowest BCUT2D eigenvalue weighted by Gasteiger charge is -2.15. The highest BCUT2D eigenvalue weighted by atomic mass is 15.3. The lowest BCUT2D eigenvalue weighted by atomic mass is 10.1. The normalized spacial score (nSPS) is 13.2. The number of nitriles is 1. The molecule has 4 nitrogen and oxygen atoms in total. The fourth-order valence-electron chi connectivity index (χ4n) is 2.23. The second-order valence-corrected chi connectivity index (χ2v) is 4.43. The molecule has 1 aromatic carbocycles. The second-order valence-electron chi connectivity index (χ2n) is 4.43. The monoisotopic (exact) mass is 236 g/mol. The average Bonchev–Trinajstić information content (AvgIpc) is 2.81. The Labute approximate surface area is 106 Å². The van der Waals surface area contributed by atoms with E-state index in [0.29, 0.717) is 11.6 Å². The van der Waals surface area contributed by atoms with Crippen molar-refractivity contribution in [2.24, 2.45) is 0 Å². The van der Waals surface area contributed by atoms with E-state index in [2.05, 4.69) is 33.1 Å². The van der Waals surface area contributed by atoms with Crippen molar-refractivity contribution in [3.05, 3.63) is 52.8 Å². The molecule has 2 aromatic rings. The van der Waals surface area contributed by atoms with Gasteiger partial charge in [0.05, 0.1) is 0 Å². The molecule has 3 rings (SSSR count). The van der Waals surface area contributed by atoms with Crippen LogP contribution < -0.4 is 4.90 Å². The number of aryl methyl sites for hydroxylation is 1. The van der Waals surface area contributed by atoms with Gasteiger partial charge < -0.3 is 4.90 Å². The summed E-state index contributed by atoms with van der Waals surface area (Å²) in [5.41, 5.74) is 3.86. The van der Waals surface area contributed by atoms with Crippen molar-refractivity contribution in [2.75, 3.05) is 4.90 Å². The zero-order valence-corrected chi connectivity index (χ0v) is 10.1. The van der Waals surface area contributed by atoms with Crippen LogP contribution in [0.3, 0.4) is 0 Å². The van der Waals surface area contributed by atoms with E-state index in [9.17, 15) is 0 Å². The molecular formula is C14H12N4. The molecule has 1 aliphatic heterocycles. The molecular weight excluding hydrogens is 224 g/mol. The Bertz CT molecular complexity index is 617. The van der Waals surface area contributed by atoms with Gasteiger partial charge in [0.25, 0.3) is 0 Å². The van der Waals surface area contributed by atoms with Crippen LogP contribution in [-0.4, -0.2) is 9.97 Å². The first-order valence-corrected chi connectivity index (χ1v) is 5.84. The van der Waals surface area contributed by atoms with Gasteiger partial charge in [0, 0.05) is 18.8 Å². The third kappa shape index (κ3) is 1.80. The largest absolute Gasteiger partial charge is 0.332 e. The van der Waals surface area contributed by atoms with Crippen LogP contribution in [0, 0.1) is 18.3 Å². The predicted molar refractivity (Wildman–Crippen MR) is 67.8 cm³/mol. The molecule has 0 fully saturated rings. The van der Waals surface area contributed by atoms with E-state index < -0.39 is 0 Å². The third-order valence-electron chi connectivity index (χ3n) is 3.08. The number of hydrogen-bond donors (Lipinski definition) is 0. The van der Waals surface area contributed by atoms with Crippen LogP contribution >= 0.6 is 0 Å². The molecule has 1 aliphatic rings. The maximum atomic E-state index is 8.94. The number of aromatic nitrogens is 2. The van der Waals surface area contributed by atoms with Gasteiger partial charge in [0.1, 0.15) is 11.8 Å². The van der Waals surface area contributed by atoms with Crippen LogP contribution in [0.4, 0.5) is 5.95 Å². The Morgan fingerprint density at radius 3 is 2.44 bits per heavy atom. The van der Waals surface area contributed by atoms with E-state index in [1.807, 2.05) is 19.1 Å². The first kappa shape index (κ1) is 10.7. The van der Waals surface area contributed by atoms with E-state index in [1.54, 1.807) is 6.07 Å². The van der Waals surface area contributed by atoms with E-state index in [-0.39, 0.29) is 0 Å². The Kier molecular flexibility index (Phi) is 2.45. The molecule has 0 saturated heterocycles. The maximum Gasteiger partial charge on any atom is 0.227 e. The number of anilines is 1. The quantitative estimate of drug-likeness (QED) is 0.761. The summed E-state index contributed by atoms with van der Waals surface area (Å²) in [6.07, 6.45) is 0. The number of rotatable bonds is 1. The molecule has 0 N–H and O–H groups in total. The van der Waals surface area contributed by atoms with E-state index in [4.69, 9.17) is 5.26 Å². The Morgan fingerprint density at radius 1 is 1.17 bits per heavy atom. The summed E-state index contributed by atoms with van der Waals surface area (Å²) in [7, 11) is 0. The maximum absolute atomic E-state index is 8.94. The minimum Gasteiger partial charge on any atom is -0.332 e. The summed E-state index contributed by atoms with van der Waals surface area (Å²) in [4.78, 5) is 10.8. The number of hydrogen-bond acceptors (Lipinski definition) is 4. The van der Waals surface area contributed by atoms with E-state index in [1.165, 1.54) is 11.1 Å². The van der Waals surface area contributed by atoms with Crippen molar-refractivity contribution in [3.8, 4) is 6.07 Å². The van der Waals surface area contributed by atoms with Crippen LogP contribution in [0.5, 0.6) is 0 Å². The average molecular weight is 236 g/mol. The van der Waals surface area contributed by atoms with Crippen LogP contribution in [0.2, 0.25) is 0 Å². The number of fused-ring (bicyclic) bond motifs is 1. The van der Waals surface area contributed by atoms with Crippen molar-refractivity contribution in [1.82, 2.24) is 9.97 Å². The highest BCUT2D eigenvalue weighted by Crippen LogP contribution is 2.25. The summed E-state index contributed by atoms with van der Waals surface area (Å²) in [6, 6.07) is 12.1. The molecule has 0 unspecified atom stereocenters. The Morgan fingerprint density at radius 2 is 1.83 bits per heavy atom. The zero-order valence-electron chi connectivity index (χ0n) is 10.1.